The topological polar surface area (TPSA) is 56.4 Å². The monoisotopic (exact) mass is 364 g/mol. The van der Waals surface area contributed by atoms with Gasteiger partial charge in [0.05, 0.1) is 0 Å². The Morgan fingerprint density at radius 2 is 1.42 bits per heavy atom. The molecule has 0 radical (unpaired) electrons. The summed E-state index contributed by atoms with van der Waals surface area (Å²) in [6, 6.07) is 16.6. The number of rotatable bonds is 3. The van der Waals surface area contributed by atoms with Gasteiger partial charge in [0.15, 0.2) is 5.96 Å². The fraction of sp³-hybridized carbons (Fsp3) is 0.278. The zero-order valence-corrected chi connectivity index (χ0v) is 15.0. The van der Waals surface area contributed by atoms with Crippen LogP contribution >= 0.6 is 24.0 Å². The van der Waals surface area contributed by atoms with Crippen LogP contribution in [0.5, 0.6) is 0 Å². The number of hydrogen-bond acceptors (Lipinski definition) is 2. The number of nitrogens with zero attached hydrogens (tertiary/aromatic N) is 2. The van der Waals surface area contributed by atoms with Crippen molar-refractivity contribution in [3.8, 4) is 11.1 Å². The van der Waals surface area contributed by atoms with Crippen molar-refractivity contribution in [2.24, 2.45) is 5.73 Å². The summed E-state index contributed by atoms with van der Waals surface area (Å²) in [6.07, 6.45) is 0. The number of hydrogen-bond donors (Lipinski definition) is 2. The van der Waals surface area contributed by atoms with E-state index in [4.69, 9.17) is 22.7 Å². The first-order valence-corrected chi connectivity index (χ1v) is 8.16. The second kappa shape index (κ2) is 8.38. The van der Waals surface area contributed by atoms with E-state index in [0.29, 0.717) is 0 Å². The van der Waals surface area contributed by atoms with Crippen molar-refractivity contribution in [2.75, 3.05) is 26.2 Å². The zero-order valence-electron chi connectivity index (χ0n) is 13.4. The summed E-state index contributed by atoms with van der Waals surface area (Å²) in [7, 11) is 0. The Morgan fingerprint density at radius 1 is 0.917 bits per heavy atom. The molecule has 3 N–H and O–H groups in total. The van der Waals surface area contributed by atoms with Crippen LogP contribution < -0.4 is 5.73 Å². The lowest BCUT2D eigenvalue weighted by Crippen LogP contribution is -2.50. The summed E-state index contributed by atoms with van der Waals surface area (Å²) in [5.41, 5.74) is 9.21. The molecule has 0 aliphatic carbocycles. The lowest BCUT2D eigenvalue weighted by atomic mass is 10.0. The predicted octanol–water partition coefficient (Wildman–Crippen LogP) is 3.44. The number of benzene rings is 2. The molecular weight excluding hydrogens is 343 g/mol. The fourth-order valence-electron chi connectivity index (χ4n) is 2.85. The largest absolute Gasteiger partial charge is 0.370 e. The van der Waals surface area contributed by atoms with Gasteiger partial charge in [-0.1, -0.05) is 48.0 Å². The average Bonchev–Trinajstić information content (AvgIpc) is 2.57. The molecule has 1 aliphatic rings. The van der Waals surface area contributed by atoms with Gasteiger partial charge in [-0.25, -0.2) is 0 Å². The normalized spacial score (nSPS) is 15.0. The predicted molar refractivity (Wildman–Crippen MR) is 103 cm³/mol. The number of nitrogens with one attached hydrogen (secondary N) is 1. The first-order chi connectivity index (χ1) is 11.1. The third-order valence-electron chi connectivity index (χ3n) is 4.25. The molecule has 0 saturated carbocycles. The van der Waals surface area contributed by atoms with Crippen LogP contribution in [-0.4, -0.2) is 41.9 Å². The van der Waals surface area contributed by atoms with Gasteiger partial charge in [0.1, 0.15) is 0 Å². The highest BCUT2D eigenvalue weighted by atomic mass is 35.5. The van der Waals surface area contributed by atoms with E-state index < -0.39 is 0 Å². The molecular formula is C18H22Cl2N4. The van der Waals surface area contributed by atoms with E-state index in [2.05, 4.69) is 29.2 Å². The van der Waals surface area contributed by atoms with E-state index in [1.807, 2.05) is 29.2 Å². The summed E-state index contributed by atoms with van der Waals surface area (Å²) < 4.78 is 0. The third kappa shape index (κ3) is 4.63. The maximum Gasteiger partial charge on any atom is 0.188 e. The highest BCUT2D eigenvalue weighted by molar-refractivity contribution is 6.30. The SMILES string of the molecule is Cl.N=C(N)N1CCN(Cc2ccc(-c3ccc(Cl)cc3)cc2)CC1. The minimum atomic E-state index is 0. The van der Waals surface area contributed by atoms with Crippen LogP contribution in [0.25, 0.3) is 11.1 Å². The molecule has 3 rings (SSSR count). The van der Waals surface area contributed by atoms with Crippen molar-refractivity contribution in [3.63, 3.8) is 0 Å². The van der Waals surface area contributed by atoms with Gasteiger partial charge < -0.3 is 10.6 Å². The van der Waals surface area contributed by atoms with E-state index in [1.165, 1.54) is 16.7 Å². The third-order valence-corrected chi connectivity index (χ3v) is 4.50. The number of nitrogens with two attached hydrogens (primary N) is 1. The summed E-state index contributed by atoms with van der Waals surface area (Å²) in [6.45, 7) is 4.49. The van der Waals surface area contributed by atoms with Crippen molar-refractivity contribution >= 4 is 30.0 Å². The van der Waals surface area contributed by atoms with Crippen molar-refractivity contribution < 1.29 is 0 Å². The molecule has 24 heavy (non-hydrogen) atoms. The highest BCUT2D eigenvalue weighted by Gasteiger charge is 2.17. The molecule has 4 nitrogen and oxygen atoms in total. The van der Waals surface area contributed by atoms with E-state index >= 15 is 0 Å². The molecule has 0 amide bonds. The van der Waals surface area contributed by atoms with E-state index in [1.54, 1.807) is 0 Å². The Labute approximate surface area is 154 Å². The van der Waals surface area contributed by atoms with Gasteiger partial charge in [-0.2, -0.15) is 0 Å². The molecule has 0 aromatic heterocycles. The highest BCUT2D eigenvalue weighted by Crippen LogP contribution is 2.22. The summed E-state index contributed by atoms with van der Waals surface area (Å²) in [5.74, 6) is 0.178. The Bertz CT molecular complexity index is 662. The lowest BCUT2D eigenvalue weighted by Gasteiger charge is -2.34. The smallest absolute Gasteiger partial charge is 0.188 e. The van der Waals surface area contributed by atoms with Crippen molar-refractivity contribution in [2.45, 2.75) is 6.54 Å². The molecule has 128 valence electrons. The first-order valence-electron chi connectivity index (χ1n) is 7.78. The number of halogens is 2. The van der Waals surface area contributed by atoms with Gasteiger partial charge in [-0.15, -0.1) is 12.4 Å². The van der Waals surface area contributed by atoms with Gasteiger partial charge >= 0.3 is 0 Å². The minimum Gasteiger partial charge on any atom is -0.370 e. The van der Waals surface area contributed by atoms with Gasteiger partial charge in [0, 0.05) is 37.7 Å². The Balaban J connectivity index is 0.00000208. The van der Waals surface area contributed by atoms with Gasteiger partial charge in [-0.05, 0) is 28.8 Å². The fourth-order valence-corrected chi connectivity index (χ4v) is 2.98. The van der Waals surface area contributed by atoms with Crippen LogP contribution in [0.4, 0.5) is 0 Å². The molecule has 2 aromatic rings. The molecule has 2 aromatic carbocycles. The molecule has 0 atom stereocenters. The number of guanidine groups is 1. The molecule has 0 spiro atoms. The minimum absolute atomic E-state index is 0. The quantitative estimate of drug-likeness (QED) is 0.647. The molecule has 1 aliphatic heterocycles. The molecule has 1 fully saturated rings. The van der Waals surface area contributed by atoms with Crippen LogP contribution in [0.2, 0.25) is 5.02 Å². The maximum atomic E-state index is 7.47. The van der Waals surface area contributed by atoms with E-state index in [9.17, 15) is 0 Å². The van der Waals surface area contributed by atoms with Crippen LogP contribution in [0.15, 0.2) is 48.5 Å². The second-order valence-electron chi connectivity index (χ2n) is 5.85. The first kappa shape index (κ1) is 18.6. The Kier molecular flexibility index (Phi) is 6.49. The van der Waals surface area contributed by atoms with Crippen LogP contribution in [0.1, 0.15) is 5.56 Å². The summed E-state index contributed by atoms with van der Waals surface area (Å²) in [4.78, 5) is 4.32. The van der Waals surface area contributed by atoms with Crippen molar-refractivity contribution in [1.82, 2.24) is 9.80 Å². The second-order valence-corrected chi connectivity index (χ2v) is 6.29. The van der Waals surface area contributed by atoms with Crippen LogP contribution in [0.3, 0.4) is 0 Å². The van der Waals surface area contributed by atoms with E-state index in [0.717, 1.165) is 37.7 Å². The van der Waals surface area contributed by atoms with Gasteiger partial charge in [0.25, 0.3) is 0 Å². The lowest BCUT2D eigenvalue weighted by molar-refractivity contribution is 0.174. The van der Waals surface area contributed by atoms with Gasteiger partial charge in [-0.3, -0.25) is 10.3 Å². The molecule has 1 heterocycles. The standard InChI is InChI=1S/C18H21ClN4.ClH/c19-17-7-5-16(6-8-17)15-3-1-14(2-4-15)13-22-9-11-23(12-10-22)18(20)21;/h1-8H,9-13H2,(H3,20,21);1H. The molecule has 0 unspecified atom stereocenters. The zero-order chi connectivity index (χ0) is 16.2. The number of piperazine rings is 1. The van der Waals surface area contributed by atoms with Crippen molar-refractivity contribution in [1.29, 1.82) is 5.41 Å². The van der Waals surface area contributed by atoms with Gasteiger partial charge in [0.2, 0.25) is 0 Å². The Morgan fingerprint density at radius 3 is 1.92 bits per heavy atom. The van der Waals surface area contributed by atoms with E-state index in [-0.39, 0.29) is 18.4 Å². The summed E-state index contributed by atoms with van der Waals surface area (Å²) >= 11 is 5.93. The molecule has 0 bridgehead atoms. The molecule has 6 heteroatoms. The van der Waals surface area contributed by atoms with Crippen molar-refractivity contribution in [3.05, 3.63) is 59.1 Å². The Hall–Kier alpha value is -1.75. The van der Waals surface area contributed by atoms with Crippen LogP contribution in [0, 0.1) is 5.41 Å². The molecule has 1 saturated heterocycles. The summed E-state index contributed by atoms with van der Waals surface area (Å²) in [5, 5.41) is 8.23. The maximum absolute atomic E-state index is 7.47. The van der Waals surface area contributed by atoms with Crippen LogP contribution in [-0.2, 0) is 6.54 Å². The average molecular weight is 365 g/mol.